The summed E-state index contributed by atoms with van der Waals surface area (Å²) in [5.74, 6) is 0. The van der Waals surface area contributed by atoms with Gasteiger partial charge in [-0.1, -0.05) is 0 Å². The van der Waals surface area contributed by atoms with E-state index in [0.29, 0.717) is 0 Å². The average molecular weight is 370 g/mol. The smallest absolute Gasteiger partial charge is 0.422 e. The van der Waals surface area contributed by atoms with Crippen molar-refractivity contribution in [2.75, 3.05) is 13.1 Å². The number of likely N-dealkylation sites (tertiary alicyclic amines) is 1. The summed E-state index contributed by atoms with van der Waals surface area (Å²) >= 11 is 0. The molecular formula is C19H35N3O4. The molecule has 1 saturated carbocycles. The lowest BCUT2D eigenvalue weighted by Crippen LogP contribution is -2.49. The van der Waals surface area contributed by atoms with Crippen LogP contribution in [0.5, 0.6) is 0 Å². The molecule has 0 aromatic carbocycles. The third-order valence-corrected chi connectivity index (χ3v) is 4.91. The Balaban J connectivity index is 1.74. The topological polar surface area (TPSA) is 79.9 Å². The minimum absolute atomic E-state index is 0.195. The van der Waals surface area contributed by atoms with E-state index in [4.69, 9.17) is 9.47 Å². The van der Waals surface area contributed by atoms with Crippen LogP contribution in [0, 0.1) is 5.41 Å². The standard InChI is InChI=1S/C19H35N3O4/c1-17(2,3)25-15(23)21-20-14-7-9-19(10-8-14)11-12-22(13-19)16(24)26-18(4,5)6/h14,20H,7-13H2,1-6H3,(H,21,23). The number of hydrogen-bond acceptors (Lipinski definition) is 5. The van der Waals surface area contributed by atoms with Gasteiger partial charge in [-0.15, -0.1) is 0 Å². The summed E-state index contributed by atoms with van der Waals surface area (Å²) in [6, 6.07) is 0.240. The van der Waals surface area contributed by atoms with Gasteiger partial charge in [-0.05, 0) is 79.1 Å². The number of carbonyl (C=O) groups is 2. The van der Waals surface area contributed by atoms with Crippen LogP contribution in [0.4, 0.5) is 9.59 Å². The SMILES string of the molecule is CC(C)(C)OC(=O)NNC1CCC2(CC1)CCN(C(=O)OC(C)(C)C)C2. The molecule has 2 aliphatic rings. The Bertz CT molecular complexity index is 514. The quantitative estimate of drug-likeness (QED) is 0.727. The van der Waals surface area contributed by atoms with Gasteiger partial charge in [-0.2, -0.15) is 0 Å². The maximum Gasteiger partial charge on any atom is 0.422 e. The minimum atomic E-state index is -0.503. The van der Waals surface area contributed by atoms with Crippen LogP contribution < -0.4 is 10.9 Å². The summed E-state index contributed by atoms with van der Waals surface area (Å²) in [5, 5.41) is 0. The lowest BCUT2D eigenvalue weighted by molar-refractivity contribution is 0.0254. The third kappa shape index (κ3) is 6.34. The second-order valence-electron chi connectivity index (χ2n) is 9.70. The zero-order valence-corrected chi connectivity index (χ0v) is 17.1. The normalized spacial score (nSPS) is 26.7. The number of carbonyl (C=O) groups excluding carboxylic acids is 2. The van der Waals surface area contributed by atoms with E-state index in [1.54, 1.807) is 0 Å². The van der Waals surface area contributed by atoms with E-state index >= 15 is 0 Å². The van der Waals surface area contributed by atoms with Gasteiger partial charge in [-0.25, -0.2) is 15.0 Å². The van der Waals surface area contributed by atoms with Crippen molar-refractivity contribution in [3.05, 3.63) is 0 Å². The van der Waals surface area contributed by atoms with Crippen LogP contribution in [0.1, 0.15) is 73.6 Å². The molecule has 2 amide bonds. The van der Waals surface area contributed by atoms with Crippen molar-refractivity contribution < 1.29 is 19.1 Å². The van der Waals surface area contributed by atoms with Crippen molar-refractivity contribution in [3.63, 3.8) is 0 Å². The number of rotatable bonds is 2. The molecule has 7 heteroatoms. The van der Waals surface area contributed by atoms with Gasteiger partial charge in [0.05, 0.1) is 0 Å². The Hall–Kier alpha value is -1.50. The van der Waals surface area contributed by atoms with E-state index in [9.17, 15) is 9.59 Å². The van der Waals surface area contributed by atoms with E-state index in [0.717, 1.165) is 45.2 Å². The highest BCUT2D eigenvalue weighted by Crippen LogP contribution is 2.44. The Kier molecular flexibility index (Phi) is 6.10. The first-order valence-electron chi connectivity index (χ1n) is 9.60. The van der Waals surface area contributed by atoms with Gasteiger partial charge >= 0.3 is 12.2 Å². The largest absolute Gasteiger partial charge is 0.444 e. The van der Waals surface area contributed by atoms with E-state index in [-0.39, 0.29) is 17.6 Å². The molecule has 1 aliphatic carbocycles. The van der Waals surface area contributed by atoms with Gasteiger partial charge in [0.15, 0.2) is 0 Å². The highest BCUT2D eigenvalue weighted by atomic mass is 16.6. The first-order chi connectivity index (χ1) is 11.9. The summed E-state index contributed by atoms with van der Waals surface area (Å²) in [5.41, 5.74) is 4.97. The maximum atomic E-state index is 12.3. The van der Waals surface area contributed by atoms with Crippen LogP contribution in [0.2, 0.25) is 0 Å². The molecule has 0 radical (unpaired) electrons. The highest BCUT2D eigenvalue weighted by Gasteiger charge is 2.43. The van der Waals surface area contributed by atoms with Gasteiger partial charge < -0.3 is 14.4 Å². The minimum Gasteiger partial charge on any atom is -0.444 e. The number of nitrogens with one attached hydrogen (secondary N) is 2. The molecule has 1 saturated heterocycles. The van der Waals surface area contributed by atoms with Crippen molar-refractivity contribution in [1.29, 1.82) is 0 Å². The Morgan fingerprint density at radius 3 is 2.08 bits per heavy atom. The van der Waals surface area contributed by atoms with Crippen molar-refractivity contribution in [2.24, 2.45) is 5.41 Å². The monoisotopic (exact) mass is 369 g/mol. The number of hydrazine groups is 1. The van der Waals surface area contributed by atoms with Gasteiger partial charge in [0.2, 0.25) is 0 Å². The predicted molar refractivity (Wildman–Crippen MR) is 99.6 cm³/mol. The van der Waals surface area contributed by atoms with Gasteiger partial charge in [0.25, 0.3) is 0 Å². The highest BCUT2D eigenvalue weighted by molar-refractivity contribution is 5.68. The molecule has 1 aliphatic heterocycles. The fourth-order valence-corrected chi connectivity index (χ4v) is 3.66. The van der Waals surface area contributed by atoms with Crippen LogP contribution in [-0.4, -0.2) is 47.4 Å². The molecule has 2 N–H and O–H groups in total. The maximum absolute atomic E-state index is 12.3. The fraction of sp³-hybridized carbons (Fsp3) is 0.895. The number of ether oxygens (including phenoxy) is 2. The van der Waals surface area contributed by atoms with Crippen LogP contribution in [0.3, 0.4) is 0 Å². The van der Waals surface area contributed by atoms with Gasteiger partial charge in [0.1, 0.15) is 11.2 Å². The zero-order valence-electron chi connectivity index (χ0n) is 17.1. The molecule has 7 nitrogen and oxygen atoms in total. The number of amides is 2. The molecule has 1 spiro atoms. The summed E-state index contributed by atoms with van der Waals surface area (Å²) < 4.78 is 10.7. The van der Waals surface area contributed by atoms with Crippen molar-refractivity contribution in [3.8, 4) is 0 Å². The Morgan fingerprint density at radius 2 is 1.54 bits per heavy atom. The van der Waals surface area contributed by atoms with E-state index in [2.05, 4.69) is 10.9 Å². The molecule has 0 bridgehead atoms. The Labute approximate surface area is 157 Å². The molecule has 0 atom stereocenters. The second-order valence-corrected chi connectivity index (χ2v) is 9.70. The molecule has 0 aromatic heterocycles. The second kappa shape index (κ2) is 7.62. The first kappa shape index (κ1) is 20.8. The van der Waals surface area contributed by atoms with Crippen molar-refractivity contribution >= 4 is 12.2 Å². The van der Waals surface area contributed by atoms with Crippen molar-refractivity contribution in [1.82, 2.24) is 15.8 Å². The molecule has 0 unspecified atom stereocenters. The summed E-state index contributed by atoms with van der Waals surface area (Å²) in [4.78, 5) is 25.8. The lowest BCUT2D eigenvalue weighted by Gasteiger charge is -2.37. The predicted octanol–water partition coefficient (Wildman–Crippen LogP) is 3.59. The Morgan fingerprint density at radius 1 is 0.962 bits per heavy atom. The third-order valence-electron chi connectivity index (χ3n) is 4.91. The van der Waals surface area contributed by atoms with Gasteiger partial charge in [0, 0.05) is 19.1 Å². The first-order valence-corrected chi connectivity index (χ1v) is 9.60. The van der Waals surface area contributed by atoms with Crippen molar-refractivity contribution in [2.45, 2.75) is 90.9 Å². The number of hydrogen-bond donors (Lipinski definition) is 2. The van der Waals surface area contributed by atoms with E-state index < -0.39 is 17.3 Å². The molecule has 26 heavy (non-hydrogen) atoms. The summed E-state index contributed by atoms with van der Waals surface area (Å²) in [7, 11) is 0. The van der Waals surface area contributed by atoms with Gasteiger partial charge in [-0.3, -0.25) is 5.43 Å². The summed E-state index contributed by atoms with van der Waals surface area (Å²) in [6.07, 6.45) is 4.39. The lowest BCUT2D eigenvalue weighted by atomic mass is 9.72. The van der Waals surface area contributed by atoms with Crippen LogP contribution in [0.15, 0.2) is 0 Å². The fourth-order valence-electron chi connectivity index (χ4n) is 3.66. The van der Waals surface area contributed by atoms with E-state index in [1.165, 1.54) is 0 Å². The molecule has 150 valence electrons. The average Bonchev–Trinajstić information content (AvgIpc) is 2.87. The number of nitrogens with zero attached hydrogens (tertiary/aromatic N) is 1. The molecule has 1 heterocycles. The van der Waals surface area contributed by atoms with E-state index in [1.807, 2.05) is 46.4 Å². The van der Waals surface area contributed by atoms with Crippen LogP contribution in [-0.2, 0) is 9.47 Å². The van der Waals surface area contributed by atoms with Crippen LogP contribution in [0.25, 0.3) is 0 Å². The molecule has 0 aromatic rings. The molecule has 2 rings (SSSR count). The molecular weight excluding hydrogens is 334 g/mol. The van der Waals surface area contributed by atoms with Crippen LogP contribution >= 0.6 is 0 Å². The summed E-state index contributed by atoms with van der Waals surface area (Å²) in [6.45, 7) is 12.7. The molecule has 2 fully saturated rings. The zero-order chi connectivity index (χ0) is 19.6.